The normalized spacial score (nSPS) is 27.3. The van der Waals surface area contributed by atoms with Crippen LogP contribution < -0.4 is 0 Å². The summed E-state index contributed by atoms with van der Waals surface area (Å²) in [7, 11) is 6.15. The average Bonchev–Trinajstić information content (AvgIpc) is 3.61. The Bertz CT molecular complexity index is 1740. The van der Waals surface area contributed by atoms with Crippen molar-refractivity contribution in [1.29, 1.82) is 0 Å². The number of carbonyl (C=O) groups excluding carboxylic acids is 4. The van der Waals surface area contributed by atoms with Gasteiger partial charge < -0.3 is 19.8 Å². The molecule has 10 heteroatoms. The molecule has 2 aromatic heterocycles. The molecular formula is C28H26N6O4. The van der Waals surface area contributed by atoms with Gasteiger partial charge in [0.1, 0.15) is 5.54 Å². The Kier molecular flexibility index (Phi) is 4.18. The third-order valence-electron chi connectivity index (χ3n) is 9.05. The maximum absolute atomic E-state index is 14.5. The molecule has 0 bridgehead atoms. The molecular weight excluding hydrogens is 484 g/mol. The molecule has 2 spiro atoms. The van der Waals surface area contributed by atoms with Crippen LogP contribution in [-0.2, 0) is 21.5 Å². The van der Waals surface area contributed by atoms with Crippen LogP contribution in [0.3, 0.4) is 0 Å². The Hall–Kier alpha value is -4.60. The van der Waals surface area contributed by atoms with Crippen LogP contribution in [0.25, 0.3) is 21.8 Å². The summed E-state index contributed by atoms with van der Waals surface area (Å²) in [6.07, 6.45) is 1.99. The molecule has 3 unspecified atom stereocenters. The van der Waals surface area contributed by atoms with E-state index in [1.807, 2.05) is 48.5 Å². The number of nitrogens with zero attached hydrogens (tertiary/aromatic N) is 4. The summed E-state index contributed by atoms with van der Waals surface area (Å²) < 4.78 is 0. The minimum Gasteiger partial charge on any atom is -0.361 e. The lowest BCUT2D eigenvalue weighted by atomic mass is 9.58. The Labute approximate surface area is 217 Å². The van der Waals surface area contributed by atoms with E-state index >= 15 is 0 Å². The summed E-state index contributed by atoms with van der Waals surface area (Å²) >= 11 is 0. The van der Waals surface area contributed by atoms with Crippen LogP contribution in [0, 0.1) is 0 Å². The number of aromatic amines is 2. The maximum Gasteiger partial charge on any atom is 0.327 e. The quantitative estimate of drug-likeness (QED) is 0.384. The van der Waals surface area contributed by atoms with Crippen molar-refractivity contribution in [2.24, 2.45) is 0 Å². The highest BCUT2D eigenvalue weighted by atomic mass is 16.2. The van der Waals surface area contributed by atoms with Gasteiger partial charge in [-0.25, -0.2) is 9.59 Å². The van der Waals surface area contributed by atoms with Crippen LogP contribution in [0.5, 0.6) is 0 Å². The number of hydrogen-bond acceptors (Lipinski definition) is 4. The average molecular weight is 511 g/mol. The summed E-state index contributed by atoms with van der Waals surface area (Å²) in [6.45, 7) is 0. The molecule has 6 amide bonds. The number of carbonyl (C=O) groups is 4. The van der Waals surface area contributed by atoms with Crippen molar-refractivity contribution in [1.82, 2.24) is 29.6 Å². The van der Waals surface area contributed by atoms with E-state index in [-0.39, 0.29) is 6.42 Å². The summed E-state index contributed by atoms with van der Waals surface area (Å²) in [5.41, 5.74) is 0.564. The number of nitrogens with one attached hydrogen (secondary N) is 2. The molecule has 3 aliphatic rings. The Morgan fingerprint density at radius 2 is 1.37 bits per heavy atom. The van der Waals surface area contributed by atoms with Gasteiger partial charge in [-0.2, -0.15) is 0 Å². The number of likely N-dealkylation sites (N-methyl/N-ethyl adjacent to an activating group) is 4. The molecule has 2 saturated heterocycles. The molecule has 2 aromatic carbocycles. The first-order chi connectivity index (χ1) is 18.2. The molecule has 2 aliphatic heterocycles. The predicted molar refractivity (Wildman–Crippen MR) is 139 cm³/mol. The van der Waals surface area contributed by atoms with Gasteiger partial charge in [-0.1, -0.05) is 36.4 Å². The summed E-state index contributed by atoms with van der Waals surface area (Å²) in [5.74, 6) is -1.77. The van der Waals surface area contributed by atoms with Crippen LogP contribution >= 0.6 is 0 Å². The number of fused-ring (bicyclic) bond motifs is 5. The van der Waals surface area contributed by atoms with Crippen molar-refractivity contribution >= 4 is 45.7 Å². The Morgan fingerprint density at radius 3 is 2.00 bits per heavy atom. The van der Waals surface area contributed by atoms with Crippen LogP contribution in [0.15, 0.2) is 54.7 Å². The third kappa shape index (κ3) is 2.26. The number of para-hydroxylation sites is 2. The van der Waals surface area contributed by atoms with E-state index in [0.29, 0.717) is 11.3 Å². The number of benzene rings is 2. The maximum atomic E-state index is 14.5. The fourth-order valence-corrected chi connectivity index (χ4v) is 7.27. The highest BCUT2D eigenvalue weighted by Gasteiger charge is 2.74. The van der Waals surface area contributed by atoms with Crippen molar-refractivity contribution in [2.45, 2.75) is 23.4 Å². The zero-order chi connectivity index (χ0) is 26.7. The lowest BCUT2D eigenvalue weighted by Gasteiger charge is -2.52. The standard InChI is InChI=1S/C28H26N6O4/c1-31-23(35)27(33(3)25(31)37)13-17-15-9-6-8-12-20(15)30-22(17)28(24(36)32(2)26(38)34(28)4)21(27)18-14-29-19-11-7-5-10-16(18)19/h5-12,14,21,29-30H,13H2,1-4H3. The van der Waals surface area contributed by atoms with Crippen molar-refractivity contribution in [3.05, 3.63) is 71.5 Å². The zero-order valence-electron chi connectivity index (χ0n) is 21.4. The number of amides is 6. The second kappa shape index (κ2) is 7.03. The highest BCUT2D eigenvalue weighted by molar-refractivity contribution is 6.14. The van der Waals surface area contributed by atoms with E-state index in [1.165, 1.54) is 23.9 Å². The first kappa shape index (κ1) is 22.6. The van der Waals surface area contributed by atoms with Crippen molar-refractivity contribution in [2.75, 3.05) is 28.2 Å². The Balaban J connectivity index is 1.69. The zero-order valence-corrected chi connectivity index (χ0v) is 21.4. The van der Waals surface area contributed by atoms with Crippen LogP contribution in [0.4, 0.5) is 9.59 Å². The second-order valence-electron chi connectivity index (χ2n) is 10.5. The van der Waals surface area contributed by atoms with E-state index in [4.69, 9.17) is 0 Å². The monoisotopic (exact) mass is 510 g/mol. The molecule has 0 saturated carbocycles. The molecule has 38 heavy (non-hydrogen) atoms. The van der Waals surface area contributed by atoms with Gasteiger partial charge >= 0.3 is 12.1 Å². The van der Waals surface area contributed by atoms with Gasteiger partial charge in [0.2, 0.25) is 0 Å². The summed E-state index contributed by atoms with van der Waals surface area (Å²) in [4.78, 5) is 67.7. The van der Waals surface area contributed by atoms with Crippen molar-refractivity contribution in [3.8, 4) is 0 Å². The van der Waals surface area contributed by atoms with Crippen LogP contribution in [0.2, 0.25) is 0 Å². The molecule has 7 rings (SSSR count). The predicted octanol–water partition coefficient (Wildman–Crippen LogP) is 2.97. The minimum atomic E-state index is -1.61. The molecule has 2 fully saturated rings. The molecule has 3 atom stereocenters. The van der Waals surface area contributed by atoms with Gasteiger partial charge in [0.05, 0.1) is 11.6 Å². The first-order valence-corrected chi connectivity index (χ1v) is 12.4. The summed E-state index contributed by atoms with van der Waals surface area (Å²) in [5, 5.41) is 1.67. The number of aromatic nitrogens is 2. The molecule has 4 aromatic rings. The van der Waals surface area contributed by atoms with Crippen LogP contribution in [0.1, 0.15) is 22.7 Å². The molecule has 2 N–H and O–H groups in total. The largest absolute Gasteiger partial charge is 0.361 e. The smallest absolute Gasteiger partial charge is 0.327 e. The SMILES string of the molecule is CN1C(=O)N(C)C2(Cc3c([nH]c4ccccc34)C3(C(=O)N(C)C(=O)N3C)C2c2c[nH]c3ccccc23)C1=O. The first-order valence-electron chi connectivity index (χ1n) is 12.4. The number of imide groups is 2. The van der Waals surface area contributed by atoms with Gasteiger partial charge in [0.15, 0.2) is 5.54 Å². The van der Waals surface area contributed by atoms with E-state index in [1.54, 1.807) is 20.3 Å². The topological polar surface area (TPSA) is 113 Å². The highest BCUT2D eigenvalue weighted by Crippen LogP contribution is 2.61. The lowest BCUT2D eigenvalue weighted by molar-refractivity contribution is -0.142. The van der Waals surface area contributed by atoms with Crippen molar-refractivity contribution in [3.63, 3.8) is 0 Å². The second-order valence-corrected chi connectivity index (χ2v) is 10.5. The fraction of sp³-hybridized carbons (Fsp3) is 0.286. The van der Waals surface area contributed by atoms with Gasteiger partial charge in [-0.05, 0) is 23.3 Å². The molecule has 0 radical (unpaired) electrons. The van der Waals surface area contributed by atoms with Gasteiger partial charge in [-0.3, -0.25) is 19.4 Å². The number of H-pyrrole nitrogens is 2. The van der Waals surface area contributed by atoms with E-state index in [9.17, 15) is 19.2 Å². The molecule has 10 nitrogen and oxygen atoms in total. The Morgan fingerprint density at radius 1 is 0.763 bits per heavy atom. The fourth-order valence-electron chi connectivity index (χ4n) is 7.27. The minimum absolute atomic E-state index is 0.183. The van der Waals surface area contributed by atoms with Gasteiger partial charge in [-0.15, -0.1) is 0 Å². The van der Waals surface area contributed by atoms with Gasteiger partial charge in [0.25, 0.3) is 11.8 Å². The third-order valence-corrected chi connectivity index (χ3v) is 9.05. The van der Waals surface area contributed by atoms with Crippen LogP contribution in [-0.4, -0.2) is 87.2 Å². The summed E-state index contributed by atoms with van der Waals surface area (Å²) in [6, 6.07) is 14.4. The van der Waals surface area contributed by atoms with Gasteiger partial charge in [0, 0.05) is 62.6 Å². The van der Waals surface area contributed by atoms with E-state index in [2.05, 4.69) is 9.97 Å². The molecule has 1 aliphatic carbocycles. The number of rotatable bonds is 1. The lowest BCUT2D eigenvalue weighted by Crippen LogP contribution is -2.67. The molecule has 4 heterocycles. The van der Waals surface area contributed by atoms with E-state index in [0.717, 1.165) is 37.2 Å². The van der Waals surface area contributed by atoms with Crippen molar-refractivity contribution < 1.29 is 19.2 Å². The molecule has 192 valence electrons. The number of urea groups is 2. The number of hydrogen-bond donors (Lipinski definition) is 2. The van der Waals surface area contributed by atoms with E-state index < -0.39 is 40.9 Å².